The van der Waals surface area contributed by atoms with Crippen LogP contribution in [0.5, 0.6) is 0 Å². The van der Waals surface area contributed by atoms with Crippen molar-refractivity contribution in [3.8, 4) is 0 Å². The standard InChI is InChI=1S/C13H20N2S/c1-15-13(6-16-7-14)12-5-9-2-8-3-10(9)11(12)4-8/h6,8-12H,1-5,7,14H2/b13-6-. The van der Waals surface area contributed by atoms with Crippen LogP contribution in [0, 0.1) is 29.6 Å². The second-order valence-electron chi connectivity index (χ2n) is 5.54. The molecule has 2 nitrogen and oxygen atoms in total. The normalized spacial score (nSPS) is 45.3. The summed E-state index contributed by atoms with van der Waals surface area (Å²) in [5.41, 5.74) is 6.75. The Bertz CT molecular complexity index is 324. The lowest BCUT2D eigenvalue weighted by Crippen LogP contribution is -2.14. The molecule has 0 aromatic rings. The van der Waals surface area contributed by atoms with E-state index in [1.54, 1.807) is 11.8 Å². The molecule has 3 heteroatoms. The molecule has 3 rings (SSSR count). The second-order valence-corrected chi connectivity index (χ2v) is 6.44. The van der Waals surface area contributed by atoms with Crippen LogP contribution in [0.1, 0.15) is 25.7 Å². The number of allylic oxidation sites excluding steroid dienone is 1. The molecule has 0 heterocycles. The molecular formula is C13H20N2S. The number of fused-ring (bicyclic) bond motifs is 1. The lowest BCUT2D eigenvalue weighted by atomic mass is 9.86. The summed E-state index contributed by atoms with van der Waals surface area (Å²) in [5, 5.41) is 2.15. The quantitative estimate of drug-likeness (QED) is 0.602. The zero-order valence-electron chi connectivity index (χ0n) is 9.64. The number of hydrogen-bond donors (Lipinski definition) is 1. The maximum Gasteiger partial charge on any atom is 0.0493 e. The summed E-state index contributed by atoms with van der Waals surface area (Å²) < 4.78 is 0. The van der Waals surface area contributed by atoms with Crippen molar-refractivity contribution in [3.05, 3.63) is 11.1 Å². The van der Waals surface area contributed by atoms with Gasteiger partial charge in [0, 0.05) is 17.5 Å². The van der Waals surface area contributed by atoms with Crippen molar-refractivity contribution in [2.75, 3.05) is 5.88 Å². The van der Waals surface area contributed by atoms with Crippen LogP contribution in [0.4, 0.5) is 0 Å². The van der Waals surface area contributed by atoms with E-state index in [0.717, 1.165) is 23.7 Å². The van der Waals surface area contributed by atoms with Gasteiger partial charge in [-0.15, -0.1) is 11.8 Å². The first kappa shape index (κ1) is 10.8. The Morgan fingerprint density at radius 3 is 2.75 bits per heavy atom. The lowest BCUT2D eigenvalue weighted by Gasteiger charge is -2.21. The molecule has 16 heavy (non-hydrogen) atoms. The van der Waals surface area contributed by atoms with E-state index in [1.807, 2.05) is 0 Å². The third-order valence-corrected chi connectivity index (χ3v) is 5.54. The number of aliphatic imine (C=N–C) groups is 1. The molecule has 88 valence electrons. The molecule has 5 unspecified atom stereocenters. The van der Waals surface area contributed by atoms with Crippen molar-refractivity contribution < 1.29 is 0 Å². The average Bonchev–Trinajstić information content (AvgIpc) is 2.89. The fraction of sp³-hybridized carbons (Fsp3) is 0.769. The first-order valence-electron chi connectivity index (χ1n) is 6.32. The molecular weight excluding hydrogens is 216 g/mol. The highest BCUT2D eigenvalue weighted by atomic mass is 32.2. The number of rotatable bonds is 4. The molecule has 0 aromatic heterocycles. The maximum absolute atomic E-state index is 5.53. The van der Waals surface area contributed by atoms with Crippen molar-refractivity contribution in [2.24, 2.45) is 40.3 Å². The molecule has 2 N–H and O–H groups in total. The summed E-state index contributed by atoms with van der Waals surface area (Å²) in [4.78, 5) is 4.26. The van der Waals surface area contributed by atoms with Crippen molar-refractivity contribution in [3.63, 3.8) is 0 Å². The number of nitrogens with two attached hydrogens (primary N) is 1. The van der Waals surface area contributed by atoms with Crippen molar-refractivity contribution >= 4 is 18.5 Å². The van der Waals surface area contributed by atoms with Gasteiger partial charge in [0.2, 0.25) is 0 Å². The van der Waals surface area contributed by atoms with Crippen LogP contribution in [0.25, 0.3) is 0 Å². The van der Waals surface area contributed by atoms with Crippen LogP contribution in [-0.2, 0) is 0 Å². The molecule has 3 aliphatic rings. The minimum absolute atomic E-state index is 0.645. The Kier molecular flexibility index (Phi) is 2.84. The van der Waals surface area contributed by atoms with E-state index >= 15 is 0 Å². The highest BCUT2D eigenvalue weighted by Crippen LogP contribution is 2.63. The van der Waals surface area contributed by atoms with E-state index in [0.29, 0.717) is 11.8 Å². The van der Waals surface area contributed by atoms with E-state index in [9.17, 15) is 0 Å². The summed E-state index contributed by atoms with van der Waals surface area (Å²) in [6.45, 7) is 3.74. The van der Waals surface area contributed by atoms with E-state index in [-0.39, 0.29) is 0 Å². The van der Waals surface area contributed by atoms with Crippen LogP contribution < -0.4 is 5.73 Å². The number of nitrogens with zero attached hydrogens (tertiary/aromatic N) is 1. The summed E-state index contributed by atoms with van der Waals surface area (Å²) in [6.07, 6.45) is 5.81. The van der Waals surface area contributed by atoms with E-state index in [2.05, 4.69) is 17.1 Å². The van der Waals surface area contributed by atoms with E-state index in [1.165, 1.54) is 31.4 Å². The monoisotopic (exact) mass is 236 g/mol. The van der Waals surface area contributed by atoms with Gasteiger partial charge in [0.05, 0.1) is 0 Å². The average molecular weight is 236 g/mol. The van der Waals surface area contributed by atoms with Crippen LogP contribution >= 0.6 is 11.8 Å². The highest BCUT2D eigenvalue weighted by molar-refractivity contribution is 8.02. The highest BCUT2D eigenvalue weighted by Gasteiger charge is 2.54. The van der Waals surface area contributed by atoms with E-state index < -0.39 is 0 Å². The molecule has 0 aromatic carbocycles. The Morgan fingerprint density at radius 1 is 1.31 bits per heavy atom. The molecule has 3 saturated carbocycles. The first-order valence-corrected chi connectivity index (χ1v) is 7.36. The molecule has 3 fully saturated rings. The van der Waals surface area contributed by atoms with Gasteiger partial charge in [0.25, 0.3) is 0 Å². The zero-order valence-corrected chi connectivity index (χ0v) is 10.5. The summed E-state index contributed by atoms with van der Waals surface area (Å²) in [5.74, 6) is 5.31. The third-order valence-electron chi connectivity index (χ3n) is 4.94. The van der Waals surface area contributed by atoms with Crippen LogP contribution in [0.2, 0.25) is 0 Å². The SMILES string of the molecule is C=N/C(=C\SCN)C1CC2CC3CC2C1C3. The molecule has 0 spiro atoms. The molecule has 0 amide bonds. The Labute approximate surface area is 102 Å². The van der Waals surface area contributed by atoms with Gasteiger partial charge in [-0.1, -0.05) is 0 Å². The second kappa shape index (κ2) is 4.19. The van der Waals surface area contributed by atoms with Gasteiger partial charge in [-0.25, -0.2) is 0 Å². The van der Waals surface area contributed by atoms with Gasteiger partial charge in [0.15, 0.2) is 0 Å². The minimum atomic E-state index is 0.645. The summed E-state index contributed by atoms with van der Waals surface area (Å²) in [6, 6.07) is 0. The molecule has 0 aliphatic heterocycles. The zero-order chi connectivity index (χ0) is 11.1. The first-order chi connectivity index (χ1) is 7.83. The Hall–Kier alpha value is -0.280. The predicted molar refractivity (Wildman–Crippen MR) is 70.2 cm³/mol. The summed E-state index contributed by atoms with van der Waals surface area (Å²) in [7, 11) is 0. The molecule has 0 radical (unpaired) electrons. The fourth-order valence-electron chi connectivity index (χ4n) is 4.50. The van der Waals surface area contributed by atoms with E-state index in [4.69, 9.17) is 5.73 Å². The van der Waals surface area contributed by atoms with Crippen molar-refractivity contribution in [2.45, 2.75) is 25.7 Å². The molecule has 3 aliphatic carbocycles. The largest absolute Gasteiger partial charge is 0.322 e. The minimum Gasteiger partial charge on any atom is -0.322 e. The Morgan fingerprint density at radius 2 is 2.12 bits per heavy atom. The third kappa shape index (κ3) is 1.56. The van der Waals surface area contributed by atoms with Crippen LogP contribution in [0.3, 0.4) is 0 Å². The van der Waals surface area contributed by atoms with Crippen LogP contribution in [0.15, 0.2) is 16.1 Å². The van der Waals surface area contributed by atoms with Gasteiger partial charge < -0.3 is 5.73 Å². The predicted octanol–water partition coefficient (Wildman–Crippen LogP) is 2.86. The van der Waals surface area contributed by atoms with Gasteiger partial charge in [0.1, 0.15) is 0 Å². The summed E-state index contributed by atoms with van der Waals surface area (Å²) >= 11 is 1.66. The van der Waals surface area contributed by atoms with Crippen molar-refractivity contribution in [1.29, 1.82) is 0 Å². The van der Waals surface area contributed by atoms with Gasteiger partial charge in [-0.05, 0) is 61.5 Å². The van der Waals surface area contributed by atoms with Gasteiger partial charge in [-0.3, -0.25) is 4.99 Å². The number of hydrogen-bond acceptors (Lipinski definition) is 3. The smallest absolute Gasteiger partial charge is 0.0493 e. The fourth-order valence-corrected chi connectivity index (χ4v) is 5.02. The molecule has 0 saturated heterocycles. The van der Waals surface area contributed by atoms with Crippen molar-refractivity contribution in [1.82, 2.24) is 0 Å². The molecule has 2 bridgehead atoms. The lowest BCUT2D eigenvalue weighted by molar-refractivity contribution is 0.314. The van der Waals surface area contributed by atoms with Crippen LogP contribution in [-0.4, -0.2) is 12.6 Å². The number of thioether (sulfide) groups is 1. The maximum atomic E-state index is 5.53. The van der Waals surface area contributed by atoms with Gasteiger partial charge >= 0.3 is 0 Å². The van der Waals surface area contributed by atoms with Gasteiger partial charge in [-0.2, -0.15) is 0 Å². The Balaban J connectivity index is 1.78. The topological polar surface area (TPSA) is 38.4 Å². The molecule has 5 atom stereocenters.